The van der Waals surface area contributed by atoms with Crippen LogP contribution in [0, 0.1) is 0 Å². The second kappa shape index (κ2) is 6.97. The Balaban J connectivity index is 2.04. The number of nitrogens with zero attached hydrogens (tertiary/aromatic N) is 4. The summed E-state index contributed by atoms with van der Waals surface area (Å²) in [6, 6.07) is 0.473. The Kier molecular flexibility index (Phi) is 5.28. The first kappa shape index (κ1) is 15.2. The Morgan fingerprint density at radius 3 is 2.60 bits per heavy atom. The molecule has 1 aromatic heterocycles. The molecule has 0 bridgehead atoms. The standard InChI is InChI=1S/C13H24N6S/c1-5-20-10-7-6-9(8-10)15-12-16-11(14-2)17-13(18-12)19(3)4/h9-10H,5-8H2,1-4H3,(H2,14,15,16,17,18). The highest BCUT2D eigenvalue weighted by Gasteiger charge is 2.25. The van der Waals surface area contributed by atoms with Crippen molar-refractivity contribution in [1.29, 1.82) is 0 Å². The van der Waals surface area contributed by atoms with Crippen LogP contribution in [0.25, 0.3) is 0 Å². The number of aromatic nitrogens is 3. The molecule has 2 unspecified atom stereocenters. The van der Waals surface area contributed by atoms with E-state index in [-0.39, 0.29) is 0 Å². The minimum absolute atomic E-state index is 0.473. The third-order valence-corrected chi connectivity index (χ3v) is 4.60. The lowest BCUT2D eigenvalue weighted by atomic mass is 10.2. The van der Waals surface area contributed by atoms with Crippen LogP contribution in [0.5, 0.6) is 0 Å². The van der Waals surface area contributed by atoms with Crippen molar-refractivity contribution in [2.24, 2.45) is 0 Å². The maximum absolute atomic E-state index is 4.46. The number of anilines is 3. The maximum Gasteiger partial charge on any atom is 0.231 e. The number of hydrogen-bond acceptors (Lipinski definition) is 7. The van der Waals surface area contributed by atoms with Gasteiger partial charge >= 0.3 is 0 Å². The van der Waals surface area contributed by atoms with Crippen LogP contribution in [-0.2, 0) is 0 Å². The maximum atomic E-state index is 4.46. The fourth-order valence-corrected chi connectivity index (χ4v) is 3.52. The Morgan fingerprint density at radius 2 is 1.95 bits per heavy atom. The Bertz CT molecular complexity index is 439. The summed E-state index contributed by atoms with van der Waals surface area (Å²) in [6.07, 6.45) is 3.66. The lowest BCUT2D eigenvalue weighted by molar-refractivity contribution is 0.743. The van der Waals surface area contributed by atoms with Crippen LogP contribution in [0.2, 0.25) is 0 Å². The third-order valence-electron chi connectivity index (χ3n) is 3.37. The van der Waals surface area contributed by atoms with Gasteiger partial charge in [0.15, 0.2) is 0 Å². The molecule has 1 aliphatic carbocycles. The third kappa shape index (κ3) is 3.88. The normalized spacial score (nSPS) is 21.8. The molecule has 112 valence electrons. The van der Waals surface area contributed by atoms with Crippen molar-refractivity contribution < 1.29 is 0 Å². The average molecular weight is 296 g/mol. The summed E-state index contributed by atoms with van der Waals surface area (Å²) in [5.74, 6) is 3.13. The molecular weight excluding hydrogens is 272 g/mol. The number of hydrogen-bond donors (Lipinski definition) is 2. The molecule has 1 aromatic rings. The summed E-state index contributed by atoms with van der Waals surface area (Å²) < 4.78 is 0. The first-order valence-electron chi connectivity index (χ1n) is 7.11. The summed E-state index contributed by atoms with van der Waals surface area (Å²) in [5, 5.41) is 7.22. The fraction of sp³-hybridized carbons (Fsp3) is 0.769. The summed E-state index contributed by atoms with van der Waals surface area (Å²) in [6.45, 7) is 2.22. The molecule has 2 N–H and O–H groups in total. The monoisotopic (exact) mass is 296 g/mol. The van der Waals surface area contributed by atoms with Gasteiger partial charge in [-0.3, -0.25) is 0 Å². The van der Waals surface area contributed by atoms with Crippen LogP contribution in [0.15, 0.2) is 0 Å². The Hall–Kier alpha value is -1.24. The molecular formula is C13H24N6S. The molecule has 7 heteroatoms. The minimum atomic E-state index is 0.473. The molecule has 20 heavy (non-hydrogen) atoms. The Morgan fingerprint density at radius 1 is 1.20 bits per heavy atom. The highest BCUT2D eigenvalue weighted by Crippen LogP contribution is 2.31. The second-order valence-electron chi connectivity index (χ2n) is 5.16. The van der Waals surface area contributed by atoms with Crippen molar-refractivity contribution in [2.45, 2.75) is 37.5 Å². The smallest absolute Gasteiger partial charge is 0.231 e. The van der Waals surface area contributed by atoms with E-state index >= 15 is 0 Å². The van der Waals surface area contributed by atoms with Crippen molar-refractivity contribution in [3.05, 3.63) is 0 Å². The van der Waals surface area contributed by atoms with Crippen LogP contribution >= 0.6 is 11.8 Å². The van der Waals surface area contributed by atoms with Gasteiger partial charge in [-0.15, -0.1) is 0 Å². The Labute approximate surface area is 125 Å². The molecule has 0 aromatic carbocycles. The van der Waals surface area contributed by atoms with Gasteiger partial charge in [-0.25, -0.2) is 0 Å². The van der Waals surface area contributed by atoms with E-state index in [1.165, 1.54) is 25.0 Å². The van der Waals surface area contributed by atoms with E-state index in [1.807, 2.05) is 26.0 Å². The molecule has 0 saturated heterocycles. The van der Waals surface area contributed by atoms with E-state index in [1.54, 1.807) is 0 Å². The van der Waals surface area contributed by atoms with Gasteiger partial charge in [-0.05, 0) is 25.0 Å². The molecule has 0 radical (unpaired) electrons. The van der Waals surface area contributed by atoms with Crippen molar-refractivity contribution in [3.8, 4) is 0 Å². The minimum Gasteiger partial charge on any atom is -0.357 e. The number of nitrogens with one attached hydrogen (secondary N) is 2. The van der Waals surface area contributed by atoms with E-state index in [0.717, 1.165) is 5.25 Å². The van der Waals surface area contributed by atoms with Gasteiger partial charge in [0.1, 0.15) is 0 Å². The van der Waals surface area contributed by atoms with Gasteiger partial charge < -0.3 is 15.5 Å². The zero-order chi connectivity index (χ0) is 14.5. The molecule has 2 rings (SSSR count). The predicted octanol–water partition coefficient (Wildman–Crippen LogP) is 2.07. The molecule has 1 aliphatic rings. The van der Waals surface area contributed by atoms with E-state index in [2.05, 4.69) is 44.3 Å². The largest absolute Gasteiger partial charge is 0.357 e. The lowest BCUT2D eigenvalue weighted by Crippen LogP contribution is -2.21. The second-order valence-corrected chi connectivity index (χ2v) is 6.74. The zero-order valence-electron chi connectivity index (χ0n) is 12.7. The summed E-state index contributed by atoms with van der Waals surface area (Å²) in [7, 11) is 5.69. The highest BCUT2D eigenvalue weighted by molar-refractivity contribution is 7.99. The number of thioether (sulfide) groups is 1. The first-order chi connectivity index (χ1) is 9.62. The fourth-order valence-electron chi connectivity index (χ4n) is 2.38. The highest BCUT2D eigenvalue weighted by atomic mass is 32.2. The van der Waals surface area contributed by atoms with Crippen LogP contribution in [0.4, 0.5) is 17.8 Å². The average Bonchev–Trinajstić information content (AvgIpc) is 2.86. The van der Waals surface area contributed by atoms with Crippen LogP contribution in [0.3, 0.4) is 0 Å². The van der Waals surface area contributed by atoms with Crippen molar-refractivity contribution in [1.82, 2.24) is 15.0 Å². The molecule has 0 aliphatic heterocycles. The number of rotatable bonds is 6. The molecule has 0 amide bonds. The quantitative estimate of drug-likeness (QED) is 0.833. The van der Waals surface area contributed by atoms with Crippen LogP contribution < -0.4 is 15.5 Å². The van der Waals surface area contributed by atoms with E-state index in [4.69, 9.17) is 0 Å². The summed E-state index contributed by atoms with van der Waals surface area (Å²) in [5.41, 5.74) is 0. The molecule has 1 heterocycles. The molecule has 2 atom stereocenters. The summed E-state index contributed by atoms with van der Waals surface area (Å²) in [4.78, 5) is 15.1. The topological polar surface area (TPSA) is 66.0 Å². The predicted molar refractivity (Wildman–Crippen MR) is 86.9 cm³/mol. The van der Waals surface area contributed by atoms with Crippen LogP contribution in [-0.4, -0.2) is 53.1 Å². The molecule has 0 spiro atoms. The van der Waals surface area contributed by atoms with Gasteiger partial charge in [-0.2, -0.15) is 26.7 Å². The van der Waals surface area contributed by atoms with Crippen molar-refractivity contribution in [3.63, 3.8) is 0 Å². The van der Waals surface area contributed by atoms with Crippen molar-refractivity contribution >= 4 is 29.6 Å². The van der Waals surface area contributed by atoms with Gasteiger partial charge in [0.25, 0.3) is 0 Å². The van der Waals surface area contributed by atoms with E-state index in [0.29, 0.717) is 23.9 Å². The van der Waals surface area contributed by atoms with Crippen LogP contribution in [0.1, 0.15) is 26.2 Å². The lowest BCUT2D eigenvalue weighted by Gasteiger charge is -2.16. The van der Waals surface area contributed by atoms with E-state index in [9.17, 15) is 0 Å². The van der Waals surface area contributed by atoms with Gasteiger partial charge in [0.05, 0.1) is 0 Å². The van der Waals surface area contributed by atoms with Crippen molar-refractivity contribution in [2.75, 3.05) is 42.4 Å². The molecule has 1 saturated carbocycles. The molecule has 6 nitrogen and oxygen atoms in total. The van der Waals surface area contributed by atoms with Gasteiger partial charge in [0.2, 0.25) is 17.8 Å². The van der Waals surface area contributed by atoms with Gasteiger partial charge in [-0.1, -0.05) is 6.92 Å². The first-order valence-corrected chi connectivity index (χ1v) is 8.16. The summed E-state index contributed by atoms with van der Waals surface area (Å²) >= 11 is 2.06. The zero-order valence-corrected chi connectivity index (χ0v) is 13.5. The molecule has 1 fully saturated rings. The van der Waals surface area contributed by atoms with Gasteiger partial charge in [0, 0.05) is 32.4 Å². The van der Waals surface area contributed by atoms with E-state index < -0.39 is 0 Å². The SMILES string of the molecule is CCSC1CCC(Nc2nc(NC)nc(N(C)C)n2)C1.